The second-order valence-corrected chi connectivity index (χ2v) is 5.85. The number of halogens is 1. The van der Waals surface area contributed by atoms with Crippen molar-refractivity contribution < 1.29 is 19.1 Å². The number of carboxylic acid groups (broad SMARTS) is 1. The van der Waals surface area contributed by atoms with Crippen molar-refractivity contribution in [1.29, 1.82) is 0 Å². The highest BCUT2D eigenvalue weighted by atomic mass is 19.1. The molecular formula is C15H19FN4O3. The van der Waals surface area contributed by atoms with Crippen LogP contribution in [0, 0.1) is 5.82 Å². The highest BCUT2D eigenvalue weighted by molar-refractivity contribution is 6.01. The van der Waals surface area contributed by atoms with Crippen LogP contribution in [0.4, 0.5) is 20.6 Å². The zero-order chi connectivity index (χ0) is 16.4. The summed E-state index contributed by atoms with van der Waals surface area (Å²) in [6.07, 6.45) is 2.67. The average Bonchev–Trinajstić information content (AvgIpc) is 3.16. The fourth-order valence-electron chi connectivity index (χ4n) is 2.69. The van der Waals surface area contributed by atoms with Gasteiger partial charge in [-0.1, -0.05) is 0 Å². The molecule has 3 rings (SSSR count). The first kappa shape index (κ1) is 15.4. The van der Waals surface area contributed by atoms with E-state index in [0.29, 0.717) is 11.4 Å². The Labute approximate surface area is 132 Å². The second kappa shape index (κ2) is 6.31. The van der Waals surface area contributed by atoms with Crippen LogP contribution in [0.15, 0.2) is 12.1 Å². The van der Waals surface area contributed by atoms with Gasteiger partial charge in [0, 0.05) is 24.8 Å². The molecule has 23 heavy (non-hydrogen) atoms. The number of carbonyl (C=O) groups is 2. The predicted octanol–water partition coefficient (Wildman–Crippen LogP) is 1.91. The summed E-state index contributed by atoms with van der Waals surface area (Å²) in [5, 5.41) is 11.8. The van der Waals surface area contributed by atoms with Crippen LogP contribution < -0.4 is 21.1 Å². The van der Waals surface area contributed by atoms with E-state index in [9.17, 15) is 14.0 Å². The standard InChI is InChI=1S/C15H19FN4O3/c16-11-7-10(14(21)18-19-15(22)23)12(17-9-3-4-9)8-13(11)20-5-1-2-6-20/h7-9,17,19H,1-6H2,(H,18,21)(H,22,23). The maximum atomic E-state index is 14.4. The predicted molar refractivity (Wildman–Crippen MR) is 83.1 cm³/mol. The zero-order valence-electron chi connectivity index (χ0n) is 12.6. The van der Waals surface area contributed by atoms with E-state index in [0.717, 1.165) is 44.8 Å². The largest absolute Gasteiger partial charge is 0.464 e. The molecule has 0 aromatic heterocycles. The van der Waals surface area contributed by atoms with Gasteiger partial charge in [0.1, 0.15) is 5.82 Å². The van der Waals surface area contributed by atoms with E-state index in [1.807, 2.05) is 10.3 Å². The minimum Gasteiger partial charge on any atom is -0.464 e. The quantitative estimate of drug-likeness (QED) is 0.635. The van der Waals surface area contributed by atoms with Crippen molar-refractivity contribution in [3.05, 3.63) is 23.5 Å². The van der Waals surface area contributed by atoms with Crippen molar-refractivity contribution in [3.8, 4) is 0 Å². The molecule has 0 bridgehead atoms. The summed E-state index contributed by atoms with van der Waals surface area (Å²) >= 11 is 0. The van der Waals surface area contributed by atoms with Crippen molar-refractivity contribution in [3.63, 3.8) is 0 Å². The topological polar surface area (TPSA) is 93.7 Å². The molecule has 1 saturated heterocycles. The third-order valence-corrected chi connectivity index (χ3v) is 4.00. The SMILES string of the molecule is O=C(O)NNC(=O)c1cc(F)c(N2CCCC2)cc1NC1CC1. The van der Waals surface area contributed by atoms with Crippen LogP contribution in [0.3, 0.4) is 0 Å². The summed E-state index contributed by atoms with van der Waals surface area (Å²) in [5.41, 5.74) is 4.92. The van der Waals surface area contributed by atoms with Crippen LogP contribution in [0.1, 0.15) is 36.0 Å². The van der Waals surface area contributed by atoms with Crippen LogP contribution in [0.5, 0.6) is 0 Å². The number of nitrogens with zero attached hydrogens (tertiary/aromatic N) is 1. The monoisotopic (exact) mass is 322 g/mol. The van der Waals surface area contributed by atoms with Crippen LogP contribution in [0.2, 0.25) is 0 Å². The summed E-state index contributed by atoms with van der Waals surface area (Å²) in [4.78, 5) is 24.5. The van der Waals surface area contributed by atoms with E-state index in [1.165, 1.54) is 0 Å². The summed E-state index contributed by atoms with van der Waals surface area (Å²) in [6.45, 7) is 1.60. The van der Waals surface area contributed by atoms with Crippen molar-refractivity contribution in [2.45, 2.75) is 31.7 Å². The van der Waals surface area contributed by atoms with E-state index < -0.39 is 17.8 Å². The molecule has 0 unspecified atom stereocenters. The van der Waals surface area contributed by atoms with Crippen molar-refractivity contribution in [1.82, 2.24) is 10.9 Å². The Morgan fingerprint density at radius 3 is 2.48 bits per heavy atom. The lowest BCUT2D eigenvalue weighted by Gasteiger charge is -2.21. The van der Waals surface area contributed by atoms with Crippen molar-refractivity contribution in [2.24, 2.45) is 0 Å². The smallest absolute Gasteiger partial charge is 0.423 e. The zero-order valence-corrected chi connectivity index (χ0v) is 12.6. The summed E-state index contributed by atoms with van der Waals surface area (Å²) in [6, 6.07) is 3.09. The number of rotatable bonds is 4. The normalized spacial score (nSPS) is 17.0. The molecule has 7 nitrogen and oxygen atoms in total. The van der Waals surface area contributed by atoms with Gasteiger partial charge in [0.05, 0.1) is 11.3 Å². The lowest BCUT2D eigenvalue weighted by atomic mass is 10.1. The van der Waals surface area contributed by atoms with Gasteiger partial charge in [-0.2, -0.15) is 0 Å². The van der Waals surface area contributed by atoms with Crippen LogP contribution in [0.25, 0.3) is 0 Å². The summed E-state index contributed by atoms with van der Waals surface area (Å²) in [7, 11) is 0. The molecule has 1 aliphatic carbocycles. The van der Waals surface area contributed by atoms with Crippen LogP contribution in [-0.4, -0.2) is 36.2 Å². The molecule has 1 aromatic rings. The van der Waals surface area contributed by atoms with Gasteiger partial charge in [-0.3, -0.25) is 10.2 Å². The molecule has 0 atom stereocenters. The van der Waals surface area contributed by atoms with E-state index in [4.69, 9.17) is 5.11 Å². The second-order valence-electron chi connectivity index (χ2n) is 5.85. The Hall–Kier alpha value is -2.51. The summed E-state index contributed by atoms with van der Waals surface area (Å²) < 4.78 is 14.4. The highest BCUT2D eigenvalue weighted by Gasteiger charge is 2.26. The van der Waals surface area contributed by atoms with Crippen molar-refractivity contribution in [2.75, 3.05) is 23.3 Å². The lowest BCUT2D eigenvalue weighted by molar-refractivity contribution is 0.0927. The Morgan fingerprint density at radius 2 is 1.87 bits per heavy atom. The number of carbonyl (C=O) groups excluding carboxylic acids is 1. The molecule has 1 aromatic carbocycles. The molecule has 124 valence electrons. The van der Waals surface area contributed by atoms with Gasteiger partial charge >= 0.3 is 6.09 Å². The number of benzene rings is 1. The third kappa shape index (κ3) is 3.64. The number of hydrogen-bond acceptors (Lipinski definition) is 4. The Bertz CT molecular complexity index is 627. The molecule has 0 radical (unpaired) electrons. The minimum absolute atomic E-state index is 0.0890. The maximum Gasteiger partial charge on any atom is 0.423 e. The molecular weight excluding hydrogens is 303 g/mol. The van der Waals surface area contributed by atoms with Gasteiger partial charge in [-0.15, -0.1) is 0 Å². The van der Waals surface area contributed by atoms with Crippen molar-refractivity contribution >= 4 is 23.4 Å². The average molecular weight is 322 g/mol. The Morgan fingerprint density at radius 1 is 1.17 bits per heavy atom. The highest BCUT2D eigenvalue weighted by Crippen LogP contribution is 2.33. The van der Waals surface area contributed by atoms with Gasteiger partial charge in [0.2, 0.25) is 0 Å². The molecule has 2 aliphatic rings. The first-order chi connectivity index (χ1) is 11.0. The molecule has 0 spiro atoms. The van der Waals surface area contributed by atoms with E-state index in [1.54, 1.807) is 11.5 Å². The molecule has 1 aliphatic heterocycles. The number of amides is 2. The summed E-state index contributed by atoms with van der Waals surface area (Å²) in [5.74, 6) is -1.17. The molecule has 4 N–H and O–H groups in total. The van der Waals surface area contributed by atoms with Gasteiger partial charge in [0.15, 0.2) is 0 Å². The van der Waals surface area contributed by atoms with Gasteiger partial charge in [0.25, 0.3) is 5.91 Å². The molecule has 8 heteroatoms. The van der Waals surface area contributed by atoms with E-state index in [-0.39, 0.29) is 11.6 Å². The van der Waals surface area contributed by atoms with E-state index >= 15 is 0 Å². The van der Waals surface area contributed by atoms with Gasteiger partial charge in [-0.25, -0.2) is 14.6 Å². The third-order valence-electron chi connectivity index (χ3n) is 4.00. The Kier molecular flexibility index (Phi) is 4.22. The molecule has 2 fully saturated rings. The maximum absolute atomic E-state index is 14.4. The minimum atomic E-state index is -1.38. The molecule has 1 heterocycles. The van der Waals surface area contributed by atoms with Gasteiger partial charge in [-0.05, 0) is 37.8 Å². The lowest BCUT2D eigenvalue weighted by Crippen LogP contribution is -2.41. The van der Waals surface area contributed by atoms with E-state index in [2.05, 4.69) is 5.32 Å². The Balaban J connectivity index is 1.88. The van der Waals surface area contributed by atoms with Gasteiger partial charge < -0.3 is 15.3 Å². The fraction of sp³-hybridized carbons (Fsp3) is 0.467. The fourth-order valence-corrected chi connectivity index (χ4v) is 2.69. The number of nitrogens with one attached hydrogen (secondary N) is 3. The first-order valence-corrected chi connectivity index (χ1v) is 7.69. The number of hydrazine groups is 1. The van der Waals surface area contributed by atoms with Crippen LogP contribution in [-0.2, 0) is 0 Å². The number of hydrogen-bond donors (Lipinski definition) is 4. The first-order valence-electron chi connectivity index (χ1n) is 7.69. The molecule has 1 saturated carbocycles. The van der Waals surface area contributed by atoms with Crippen LogP contribution >= 0.6 is 0 Å². The molecule has 2 amide bonds. The number of anilines is 2.